The van der Waals surface area contributed by atoms with Crippen molar-refractivity contribution in [3.63, 3.8) is 0 Å². The molecule has 2 rings (SSSR count). The summed E-state index contributed by atoms with van der Waals surface area (Å²) in [4.78, 5) is 48.5. The summed E-state index contributed by atoms with van der Waals surface area (Å²) >= 11 is 0. The zero-order valence-corrected chi connectivity index (χ0v) is 18.0. The number of hydrogen-bond acceptors (Lipinski definition) is 5. The van der Waals surface area contributed by atoms with Crippen LogP contribution in [0.4, 0.5) is 5.69 Å². The molecule has 0 saturated heterocycles. The van der Waals surface area contributed by atoms with Crippen LogP contribution in [-0.4, -0.2) is 43.4 Å². The predicted molar refractivity (Wildman–Crippen MR) is 117 cm³/mol. The van der Waals surface area contributed by atoms with E-state index in [1.54, 1.807) is 50.2 Å². The first-order chi connectivity index (χ1) is 14.7. The average Bonchev–Trinajstić information content (AvgIpc) is 2.75. The van der Waals surface area contributed by atoms with Crippen LogP contribution in [-0.2, 0) is 14.3 Å². The minimum absolute atomic E-state index is 0.234. The van der Waals surface area contributed by atoms with Gasteiger partial charge in [0.05, 0.1) is 0 Å². The Kier molecular flexibility index (Phi) is 8.31. The fourth-order valence-electron chi connectivity index (χ4n) is 2.70. The largest absolute Gasteiger partial charge is 0.454 e. The number of rotatable bonds is 8. The Hall–Kier alpha value is -3.68. The van der Waals surface area contributed by atoms with E-state index in [0.29, 0.717) is 16.8 Å². The molecule has 0 heterocycles. The fraction of sp³-hybridized carbons (Fsp3) is 0.304. The number of aryl methyl sites for hydroxylation is 1. The molecule has 0 bridgehead atoms. The van der Waals surface area contributed by atoms with Crippen LogP contribution < -0.4 is 16.0 Å². The maximum atomic E-state index is 12.5. The molecule has 0 aliphatic heterocycles. The van der Waals surface area contributed by atoms with Gasteiger partial charge >= 0.3 is 5.97 Å². The monoisotopic (exact) mass is 425 g/mol. The molecule has 8 nitrogen and oxygen atoms in total. The molecule has 0 saturated carbocycles. The zero-order chi connectivity index (χ0) is 23.0. The SMILES string of the molecule is CNC(=O)c1ccc(NC(=O)COC(=O)[C@@H](NC(=O)c2ccc(C)cc2)C(C)C)cc1. The van der Waals surface area contributed by atoms with E-state index in [9.17, 15) is 19.2 Å². The van der Waals surface area contributed by atoms with Crippen LogP contribution in [0.2, 0.25) is 0 Å². The Bertz CT molecular complexity index is 937. The van der Waals surface area contributed by atoms with Crippen molar-refractivity contribution in [3.8, 4) is 0 Å². The van der Waals surface area contributed by atoms with Crippen molar-refractivity contribution in [3.05, 3.63) is 65.2 Å². The normalized spacial score (nSPS) is 11.4. The molecule has 0 aromatic heterocycles. The lowest BCUT2D eigenvalue weighted by Gasteiger charge is -2.21. The smallest absolute Gasteiger partial charge is 0.329 e. The van der Waals surface area contributed by atoms with Crippen molar-refractivity contribution in [2.24, 2.45) is 5.92 Å². The van der Waals surface area contributed by atoms with E-state index in [1.807, 2.05) is 19.1 Å². The summed E-state index contributed by atoms with van der Waals surface area (Å²) in [6.45, 7) is 4.96. The molecule has 0 aliphatic carbocycles. The maximum absolute atomic E-state index is 12.5. The van der Waals surface area contributed by atoms with Crippen LogP contribution >= 0.6 is 0 Å². The Morgan fingerprint density at radius 3 is 1.97 bits per heavy atom. The number of esters is 1. The number of hydrogen-bond donors (Lipinski definition) is 3. The summed E-state index contributed by atoms with van der Waals surface area (Å²) in [6, 6.07) is 12.4. The molecule has 2 aromatic carbocycles. The minimum Gasteiger partial charge on any atom is -0.454 e. The van der Waals surface area contributed by atoms with Crippen LogP contribution in [0.5, 0.6) is 0 Å². The number of carbonyl (C=O) groups excluding carboxylic acids is 4. The molecule has 2 aromatic rings. The van der Waals surface area contributed by atoms with Gasteiger partial charge in [-0.15, -0.1) is 0 Å². The summed E-state index contributed by atoms with van der Waals surface area (Å²) in [7, 11) is 1.53. The summed E-state index contributed by atoms with van der Waals surface area (Å²) in [5, 5.41) is 7.76. The van der Waals surface area contributed by atoms with Crippen LogP contribution in [0.25, 0.3) is 0 Å². The van der Waals surface area contributed by atoms with Crippen molar-refractivity contribution < 1.29 is 23.9 Å². The number of benzene rings is 2. The van der Waals surface area contributed by atoms with E-state index in [2.05, 4.69) is 16.0 Å². The standard InChI is InChI=1S/C23H27N3O5/c1-14(2)20(26-22(29)17-7-5-15(3)6-8-17)23(30)31-13-19(27)25-18-11-9-16(10-12-18)21(28)24-4/h5-12,14,20H,13H2,1-4H3,(H,24,28)(H,25,27)(H,26,29)/t20-/m0/s1. The fourth-order valence-corrected chi connectivity index (χ4v) is 2.70. The Morgan fingerprint density at radius 1 is 0.871 bits per heavy atom. The van der Waals surface area contributed by atoms with Crippen molar-refractivity contribution in [2.45, 2.75) is 26.8 Å². The van der Waals surface area contributed by atoms with Gasteiger partial charge in [0.1, 0.15) is 6.04 Å². The van der Waals surface area contributed by atoms with E-state index in [-0.39, 0.29) is 11.8 Å². The highest BCUT2D eigenvalue weighted by molar-refractivity contribution is 5.98. The van der Waals surface area contributed by atoms with Gasteiger partial charge in [-0.2, -0.15) is 0 Å². The number of nitrogens with one attached hydrogen (secondary N) is 3. The molecule has 3 N–H and O–H groups in total. The molecular formula is C23H27N3O5. The Morgan fingerprint density at radius 2 is 1.42 bits per heavy atom. The minimum atomic E-state index is -0.895. The third-order valence-electron chi connectivity index (χ3n) is 4.52. The molecule has 164 valence electrons. The number of anilines is 1. The molecule has 0 aliphatic rings. The van der Waals surface area contributed by atoms with Gasteiger partial charge < -0.3 is 20.7 Å². The van der Waals surface area contributed by atoms with E-state index in [4.69, 9.17) is 4.74 Å². The zero-order valence-electron chi connectivity index (χ0n) is 18.0. The average molecular weight is 425 g/mol. The van der Waals surface area contributed by atoms with Crippen LogP contribution in [0.15, 0.2) is 48.5 Å². The lowest BCUT2D eigenvalue weighted by Crippen LogP contribution is -2.45. The van der Waals surface area contributed by atoms with Gasteiger partial charge in [-0.25, -0.2) is 4.79 Å². The molecule has 0 radical (unpaired) electrons. The van der Waals surface area contributed by atoms with Gasteiger partial charge in [0.2, 0.25) is 0 Å². The molecule has 1 atom stereocenters. The second-order valence-corrected chi connectivity index (χ2v) is 7.37. The summed E-state index contributed by atoms with van der Waals surface area (Å²) in [5.41, 5.74) is 2.37. The Balaban J connectivity index is 1.90. The van der Waals surface area contributed by atoms with Crippen molar-refractivity contribution >= 4 is 29.4 Å². The lowest BCUT2D eigenvalue weighted by atomic mass is 10.0. The van der Waals surface area contributed by atoms with Gasteiger partial charge in [0, 0.05) is 23.9 Å². The van der Waals surface area contributed by atoms with Crippen LogP contribution in [0, 0.1) is 12.8 Å². The third-order valence-corrected chi connectivity index (χ3v) is 4.52. The van der Waals surface area contributed by atoms with Gasteiger partial charge in [-0.05, 0) is 49.2 Å². The Labute approximate surface area is 181 Å². The van der Waals surface area contributed by atoms with Gasteiger partial charge in [0.25, 0.3) is 17.7 Å². The van der Waals surface area contributed by atoms with E-state index in [1.165, 1.54) is 7.05 Å². The molecule has 0 spiro atoms. The van der Waals surface area contributed by atoms with Gasteiger partial charge in [-0.1, -0.05) is 31.5 Å². The second-order valence-electron chi connectivity index (χ2n) is 7.37. The molecular weight excluding hydrogens is 398 g/mol. The summed E-state index contributed by atoms with van der Waals surface area (Å²) in [5.74, 6) is -2.09. The number of carbonyl (C=O) groups is 4. The van der Waals surface area contributed by atoms with E-state index >= 15 is 0 Å². The first-order valence-corrected chi connectivity index (χ1v) is 9.87. The number of amides is 3. The molecule has 31 heavy (non-hydrogen) atoms. The number of ether oxygens (including phenoxy) is 1. The highest BCUT2D eigenvalue weighted by Gasteiger charge is 2.26. The van der Waals surface area contributed by atoms with Crippen molar-refractivity contribution in [2.75, 3.05) is 19.0 Å². The maximum Gasteiger partial charge on any atom is 0.329 e. The molecule has 0 unspecified atom stereocenters. The quantitative estimate of drug-likeness (QED) is 0.562. The van der Waals surface area contributed by atoms with E-state index in [0.717, 1.165) is 5.56 Å². The highest BCUT2D eigenvalue weighted by Crippen LogP contribution is 2.11. The molecule has 8 heteroatoms. The topological polar surface area (TPSA) is 114 Å². The van der Waals surface area contributed by atoms with Crippen LogP contribution in [0.1, 0.15) is 40.1 Å². The van der Waals surface area contributed by atoms with Crippen molar-refractivity contribution in [1.82, 2.24) is 10.6 Å². The first kappa shape index (κ1) is 23.6. The highest BCUT2D eigenvalue weighted by atomic mass is 16.5. The van der Waals surface area contributed by atoms with Gasteiger partial charge in [0.15, 0.2) is 6.61 Å². The third kappa shape index (κ3) is 6.95. The summed E-state index contributed by atoms with van der Waals surface area (Å²) in [6.07, 6.45) is 0. The lowest BCUT2D eigenvalue weighted by molar-refractivity contribution is -0.150. The van der Waals surface area contributed by atoms with Crippen molar-refractivity contribution in [1.29, 1.82) is 0 Å². The molecule has 3 amide bonds. The second kappa shape index (κ2) is 10.9. The van der Waals surface area contributed by atoms with E-state index < -0.39 is 30.4 Å². The first-order valence-electron chi connectivity index (χ1n) is 9.87. The van der Waals surface area contributed by atoms with Gasteiger partial charge in [-0.3, -0.25) is 14.4 Å². The van der Waals surface area contributed by atoms with Crippen LogP contribution in [0.3, 0.4) is 0 Å². The predicted octanol–water partition coefficient (Wildman–Crippen LogP) is 2.29. The molecule has 0 fully saturated rings. The summed E-state index contributed by atoms with van der Waals surface area (Å²) < 4.78 is 5.10.